The van der Waals surface area contributed by atoms with E-state index in [-0.39, 0.29) is 4.90 Å². The zero-order chi connectivity index (χ0) is 21.7. The highest BCUT2D eigenvalue weighted by molar-refractivity contribution is 8.13. The molecule has 3 aromatic carbocycles. The first kappa shape index (κ1) is 22.2. The zero-order valence-corrected chi connectivity index (χ0v) is 19.2. The average Bonchev–Trinajstić information content (AvgIpc) is 2.72. The lowest BCUT2D eigenvalue weighted by molar-refractivity contribution is 0.598. The molecule has 0 radical (unpaired) electrons. The van der Waals surface area contributed by atoms with Gasteiger partial charge in [-0.3, -0.25) is 4.31 Å². The highest BCUT2D eigenvalue weighted by Crippen LogP contribution is 2.32. The molecular weight excluding hydrogens is 438 g/mol. The summed E-state index contributed by atoms with van der Waals surface area (Å²) in [6, 6.07) is 21.2. The molecule has 30 heavy (non-hydrogen) atoms. The standard InChI is InChI=1S/C22H22ClN3O2S2/c1-17-9-12-21(13-10-17)30(27,28)26(20-7-5-4-6-8-20)29-25(3)16-24-22-14-11-19(23)15-18(22)2/h4-16H,1-3H3/b24-16+. The summed E-state index contributed by atoms with van der Waals surface area (Å²) in [5, 5.41) is 0.647. The smallest absolute Gasteiger partial charge is 0.275 e. The highest BCUT2D eigenvalue weighted by Gasteiger charge is 2.27. The number of anilines is 1. The van der Waals surface area contributed by atoms with Gasteiger partial charge in [0, 0.05) is 12.1 Å². The molecule has 0 fully saturated rings. The third-order valence-corrected chi connectivity index (χ3v) is 7.48. The molecule has 0 bridgehead atoms. The van der Waals surface area contributed by atoms with Gasteiger partial charge < -0.3 is 0 Å². The van der Waals surface area contributed by atoms with E-state index in [1.54, 1.807) is 72.3 Å². The topological polar surface area (TPSA) is 53.0 Å². The largest absolute Gasteiger partial charge is 0.291 e. The lowest BCUT2D eigenvalue weighted by Crippen LogP contribution is -2.28. The number of rotatable bonds is 7. The van der Waals surface area contributed by atoms with Crippen molar-refractivity contribution < 1.29 is 8.42 Å². The third kappa shape index (κ3) is 5.36. The van der Waals surface area contributed by atoms with Gasteiger partial charge in [0.25, 0.3) is 10.0 Å². The number of aliphatic imine (C=N–C) groups is 1. The fourth-order valence-corrected chi connectivity index (χ4v) is 5.39. The van der Waals surface area contributed by atoms with E-state index in [0.717, 1.165) is 28.9 Å². The fourth-order valence-electron chi connectivity index (χ4n) is 2.63. The Morgan fingerprint density at radius 3 is 2.27 bits per heavy atom. The third-order valence-electron chi connectivity index (χ3n) is 4.23. The number of hydrogen-bond donors (Lipinski definition) is 0. The first-order valence-electron chi connectivity index (χ1n) is 9.16. The summed E-state index contributed by atoms with van der Waals surface area (Å²) in [5.41, 5.74) is 3.24. The van der Waals surface area contributed by atoms with Gasteiger partial charge >= 0.3 is 0 Å². The Hall–Kier alpha value is -2.48. The Bertz CT molecular complexity index is 1130. The molecule has 0 saturated heterocycles. The van der Waals surface area contributed by atoms with E-state index >= 15 is 0 Å². The first-order valence-corrected chi connectivity index (χ1v) is 11.7. The van der Waals surface area contributed by atoms with Crippen LogP contribution in [0.5, 0.6) is 0 Å². The second-order valence-electron chi connectivity index (χ2n) is 6.68. The van der Waals surface area contributed by atoms with E-state index in [0.29, 0.717) is 10.7 Å². The maximum Gasteiger partial charge on any atom is 0.275 e. The normalized spacial score (nSPS) is 11.6. The molecule has 3 rings (SSSR count). The molecule has 0 unspecified atom stereocenters. The summed E-state index contributed by atoms with van der Waals surface area (Å²) in [6.07, 6.45) is 1.58. The molecule has 0 amide bonds. The van der Waals surface area contributed by atoms with Crippen LogP contribution < -0.4 is 3.71 Å². The Morgan fingerprint density at radius 1 is 0.967 bits per heavy atom. The molecule has 156 valence electrons. The van der Waals surface area contributed by atoms with Gasteiger partial charge in [0.05, 0.1) is 28.4 Å². The van der Waals surface area contributed by atoms with Crippen molar-refractivity contribution in [2.75, 3.05) is 10.8 Å². The number of nitrogens with zero attached hydrogens (tertiary/aromatic N) is 3. The molecule has 0 saturated carbocycles. The van der Waals surface area contributed by atoms with Gasteiger partial charge in [-0.1, -0.05) is 47.5 Å². The number of aryl methyl sites for hydroxylation is 2. The molecule has 0 aromatic heterocycles. The first-order chi connectivity index (χ1) is 14.3. The molecule has 0 aliphatic rings. The molecule has 0 aliphatic heterocycles. The lowest BCUT2D eigenvalue weighted by atomic mass is 10.2. The van der Waals surface area contributed by atoms with Crippen LogP contribution in [0.25, 0.3) is 0 Å². The molecule has 5 nitrogen and oxygen atoms in total. The minimum atomic E-state index is -3.79. The van der Waals surface area contributed by atoms with Gasteiger partial charge in [0.2, 0.25) is 0 Å². The van der Waals surface area contributed by atoms with E-state index < -0.39 is 10.0 Å². The minimum Gasteiger partial charge on any atom is -0.291 e. The molecule has 0 atom stereocenters. The Balaban J connectivity index is 1.89. The monoisotopic (exact) mass is 459 g/mol. The summed E-state index contributed by atoms with van der Waals surface area (Å²) in [6.45, 7) is 3.84. The summed E-state index contributed by atoms with van der Waals surface area (Å²) < 4.78 is 29.7. The molecular formula is C22H22ClN3O2S2. The quantitative estimate of drug-likeness (QED) is 0.247. The molecule has 0 heterocycles. The summed E-state index contributed by atoms with van der Waals surface area (Å²) >= 11 is 7.03. The zero-order valence-electron chi connectivity index (χ0n) is 16.9. The van der Waals surface area contributed by atoms with Crippen LogP contribution in [-0.4, -0.2) is 26.1 Å². The van der Waals surface area contributed by atoms with Crippen molar-refractivity contribution in [3.8, 4) is 0 Å². The van der Waals surface area contributed by atoms with E-state index in [1.807, 2.05) is 32.0 Å². The van der Waals surface area contributed by atoms with Crippen LogP contribution in [0.2, 0.25) is 5.02 Å². The Labute approximate surface area is 187 Å². The van der Waals surface area contributed by atoms with Gasteiger partial charge in [0.1, 0.15) is 6.34 Å². The number of hydrogen-bond acceptors (Lipinski definition) is 4. The maximum atomic E-state index is 13.4. The molecule has 0 N–H and O–H groups in total. The number of para-hydroxylation sites is 1. The van der Waals surface area contributed by atoms with Crippen LogP contribution in [0.15, 0.2) is 82.7 Å². The number of halogens is 1. The van der Waals surface area contributed by atoms with Crippen LogP contribution in [0, 0.1) is 13.8 Å². The van der Waals surface area contributed by atoms with Gasteiger partial charge in [-0.05, 0) is 61.9 Å². The maximum absolute atomic E-state index is 13.4. The molecule has 0 aliphatic carbocycles. The van der Waals surface area contributed by atoms with E-state index in [4.69, 9.17) is 11.6 Å². The van der Waals surface area contributed by atoms with E-state index in [2.05, 4.69) is 4.99 Å². The van der Waals surface area contributed by atoms with Crippen molar-refractivity contribution in [3.63, 3.8) is 0 Å². The van der Waals surface area contributed by atoms with Gasteiger partial charge in [-0.15, -0.1) is 0 Å². The van der Waals surface area contributed by atoms with Crippen LogP contribution >= 0.6 is 23.7 Å². The molecule has 8 heteroatoms. The Morgan fingerprint density at radius 2 is 1.63 bits per heavy atom. The summed E-state index contributed by atoms with van der Waals surface area (Å²) in [5.74, 6) is 0. The van der Waals surface area contributed by atoms with Gasteiger partial charge in [-0.2, -0.15) is 3.71 Å². The predicted molar refractivity (Wildman–Crippen MR) is 127 cm³/mol. The van der Waals surface area contributed by atoms with Crippen LogP contribution in [0.4, 0.5) is 11.4 Å². The van der Waals surface area contributed by atoms with Crippen molar-refractivity contribution in [2.45, 2.75) is 18.7 Å². The van der Waals surface area contributed by atoms with E-state index in [9.17, 15) is 8.42 Å². The van der Waals surface area contributed by atoms with Crippen molar-refractivity contribution in [3.05, 3.63) is 88.9 Å². The second kappa shape index (κ2) is 9.55. The SMILES string of the molecule is Cc1ccc(S(=O)(=O)N(SN(C)/C=N/c2ccc(Cl)cc2C)c2ccccc2)cc1. The van der Waals surface area contributed by atoms with Crippen LogP contribution in [0.3, 0.4) is 0 Å². The van der Waals surface area contributed by atoms with E-state index in [1.165, 1.54) is 3.71 Å². The Kier molecular flexibility index (Phi) is 7.07. The van der Waals surface area contributed by atoms with Gasteiger partial charge in [0.15, 0.2) is 0 Å². The van der Waals surface area contributed by atoms with Crippen molar-refractivity contribution >= 4 is 51.5 Å². The summed E-state index contributed by atoms with van der Waals surface area (Å²) in [7, 11) is -2.04. The fraction of sp³-hybridized carbons (Fsp3) is 0.136. The molecule has 0 spiro atoms. The van der Waals surface area contributed by atoms with Crippen molar-refractivity contribution in [1.82, 2.24) is 4.31 Å². The molecule has 3 aromatic rings. The number of sulfonamides is 1. The average molecular weight is 460 g/mol. The minimum absolute atomic E-state index is 0.225. The number of benzene rings is 3. The van der Waals surface area contributed by atoms with Gasteiger partial charge in [-0.25, -0.2) is 13.4 Å². The highest BCUT2D eigenvalue weighted by atomic mass is 35.5. The van der Waals surface area contributed by atoms with Crippen LogP contribution in [0.1, 0.15) is 11.1 Å². The van der Waals surface area contributed by atoms with Crippen LogP contribution in [-0.2, 0) is 10.0 Å². The second-order valence-corrected chi connectivity index (χ2v) is 10.2. The summed E-state index contributed by atoms with van der Waals surface area (Å²) in [4.78, 5) is 4.69. The lowest BCUT2D eigenvalue weighted by Gasteiger charge is -2.26. The van der Waals surface area contributed by atoms with Crippen molar-refractivity contribution in [2.24, 2.45) is 4.99 Å². The van der Waals surface area contributed by atoms with Crippen molar-refractivity contribution in [1.29, 1.82) is 0 Å². The predicted octanol–water partition coefficient (Wildman–Crippen LogP) is 6.01.